The number of anilines is 1. The lowest BCUT2D eigenvalue weighted by Crippen LogP contribution is -2.15. The maximum Gasteiger partial charge on any atom is 0.264 e. The SMILES string of the molecule is Cc1cc(NS(=O)(=O)c2cccc(Cl)c2F)cnc1Cl. The van der Waals surface area contributed by atoms with Gasteiger partial charge in [0.25, 0.3) is 10.0 Å². The molecular weight excluding hydrogens is 326 g/mol. The van der Waals surface area contributed by atoms with Crippen LogP contribution in [0, 0.1) is 12.7 Å². The summed E-state index contributed by atoms with van der Waals surface area (Å²) >= 11 is 11.3. The Morgan fingerprint density at radius 1 is 1.30 bits per heavy atom. The summed E-state index contributed by atoms with van der Waals surface area (Å²) in [6, 6.07) is 5.24. The van der Waals surface area contributed by atoms with Crippen molar-refractivity contribution in [1.29, 1.82) is 0 Å². The lowest BCUT2D eigenvalue weighted by atomic mass is 10.3. The molecule has 0 spiro atoms. The van der Waals surface area contributed by atoms with Gasteiger partial charge in [0.2, 0.25) is 0 Å². The van der Waals surface area contributed by atoms with Crippen LogP contribution in [0.15, 0.2) is 35.4 Å². The molecule has 0 fully saturated rings. The Bertz CT molecular complexity index is 766. The first kappa shape index (κ1) is 15.0. The molecule has 0 unspecified atom stereocenters. The van der Waals surface area contributed by atoms with Crippen LogP contribution >= 0.6 is 23.2 Å². The fraction of sp³-hybridized carbons (Fsp3) is 0.0833. The van der Waals surface area contributed by atoms with Gasteiger partial charge in [0.15, 0.2) is 5.82 Å². The Balaban J connectivity index is 2.41. The minimum Gasteiger partial charge on any atom is -0.278 e. The molecule has 4 nitrogen and oxygen atoms in total. The molecule has 0 aliphatic rings. The Morgan fingerprint density at radius 2 is 2.00 bits per heavy atom. The number of nitrogens with zero attached hydrogens (tertiary/aromatic N) is 1. The first-order chi connectivity index (χ1) is 9.31. The topological polar surface area (TPSA) is 59.1 Å². The molecule has 1 aromatic carbocycles. The molecule has 0 aliphatic heterocycles. The number of aryl methyl sites for hydroxylation is 1. The lowest BCUT2D eigenvalue weighted by Gasteiger charge is -2.10. The van der Waals surface area contributed by atoms with E-state index in [1.807, 2.05) is 0 Å². The smallest absolute Gasteiger partial charge is 0.264 e. The molecule has 0 saturated heterocycles. The molecule has 0 radical (unpaired) electrons. The largest absolute Gasteiger partial charge is 0.278 e. The average Bonchev–Trinajstić information content (AvgIpc) is 2.36. The standard InChI is InChI=1S/C12H9Cl2FN2O2S/c1-7-5-8(6-16-12(7)14)17-20(18,19)10-4-2-3-9(13)11(10)15/h2-6,17H,1H3. The monoisotopic (exact) mass is 334 g/mol. The van der Waals surface area contributed by atoms with Gasteiger partial charge in [0, 0.05) is 0 Å². The lowest BCUT2D eigenvalue weighted by molar-refractivity contribution is 0.570. The number of halogens is 3. The highest BCUT2D eigenvalue weighted by molar-refractivity contribution is 7.92. The molecular formula is C12H9Cl2FN2O2S. The predicted molar refractivity (Wildman–Crippen MR) is 76.2 cm³/mol. The van der Waals surface area contributed by atoms with Crippen LogP contribution in [-0.2, 0) is 10.0 Å². The second kappa shape index (κ2) is 5.55. The van der Waals surface area contributed by atoms with E-state index in [0.717, 1.165) is 6.07 Å². The van der Waals surface area contributed by atoms with Crippen LogP contribution < -0.4 is 4.72 Å². The number of pyridine rings is 1. The van der Waals surface area contributed by atoms with Gasteiger partial charge in [-0.05, 0) is 30.7 Å². The van der Waals surface area contributed by atoms with E-state index >= 15 is 0 Å². The Morgan fingerprint density at radius 3 is 2.65 bits per heavy atom. The molecule has 0 amide bonds. The first-order valence-corrected chi connectivity index (χ1v) is 7.64. The van der Waals surface area contributed by atoms with Gasteiger partial charge in [-0.25, -0.2) is 17.8 Å². The van der Waals surface area contributed by atoms with Gasteiger partial charge in [0.05, 0.1) is 16.9 Å². The zero-order valence-corrected chi connectivity index (χ0v) is 12.5. The van der Waals surface area contributed by atoms with Gasteiger partial charge in [-0.1, -0.05) is 29.3 Å². The van der Waals surface area contributed by atoms with Crippen LogP contribution in [-0.4, -0.2) is 13.4 Å². The summed E-state index contributed by atoms with van der Waals surface area (Å²) in [5.74, 6) is -1.000. The van der Waals surface area contributed by atoms with Crippen LogP contribution in [0.1, 0.15) is 5.56 Å². The highest BCUT2D eigenvalue weighted by atomic mass is 35.5. The molecule has 1 aromatic heterocycles. The maximum absolute atomic E-state index is 13.8. The van der Waals surface area contributed by atoms with E-state index in [1.165, 1.54) is 24.4 Å². The van der Waals surface area contributed by atoms with Crippen molar-refractivity contribution < 1.29 is 12.8 Å². The van der Waals surface area contributed by atoms with Crippen molar-refractivity contribution >= 4 is 38.9 Å². The van der Waals surface area contributed by atoms with E-state index in [2.05, 4.69) is 9.71 Å². The third-order valence-electron chi connectivity index (χ3n) is 2.47. The number of nitrogens with one attached hydrogen (secondary N) is 1. The second-order valence-electron chi connectivity index (χ2n) is 3.99. The van der Waals surface area contributed by atoms with Gasteiger partial charge >= 0.3 is 0 Å². The summed E-state index contributed by atoms with van der Waals surface area (Å²) in [6.45, 7) is 1.67. The number of rotatable bonds is 3. The Labute approximate surface area is 125 Å². The van der Waals surface area contributed by atoms with Gasteiger partial charge in [-0.15, -0.1) is 0 Å². The van der Waals surface area contributed by atoms with E-state index in [9.17, 15) is 12.8 Å². The zero-order valence-electron chi connectivity index (χ0n) is 10.2. The highest BCUT2D eigenvalue weighted by Crippen LogP contribution is 2.24. The minimum absolute atomic E-state index is 0.186. The first-order valence-electron chi connectivity index (χ1n) is 5.40. The summed E-state index contributed by atoms with van der Waals surface area (Å²) in [5.41, 5.74) is 0.782. The fourth-order valence-corrected chi connectivity index (χ4v) is 2.99. The van der Waals surface area contributed by atoms with Crippen molar-refractivity contribution in [3.8, 4) is 0 Å². The molecule has 2 rings (SSSR count). The quantitative estimate of drug-likeness (QED) is 0.872. The van der Waals surface area contributed by atoms with E-state index < -0.39 is 20.7 Å². The van der Waals surface area contributed by atoms with E-state index in [4.69, 9.17) is 23.2 Å². The van der Waals surface area contributed by atoms with Gasteiger partial charge in [-0.3, -0.25) is 4.72 Å². The third-order valence-corrected chi connectivity index (χ3v) is 4.56. The number of sulfonamides is 1. The number of aromatic nitrogens is 1. The normalized spacial score (nSPS) is 11.4. The van der Waals surface area contributed by atoms with Crippen molar-refractivity contribution in [3.63, 3.8) is 0 Å². The minimum atomic E-state index is -4.09. The summed E-state index contributed by atoms with van der Waals surface area (Å²) in [7, 11) is -4.09. The maximum atomic E-state index is 13.8. The van der Waals surface area contributed by atoms with Crippen molar-refractivity contribution in [1.82, 2.24) is 4.98 Å². The van der Waals surface area contributed by atoms with Crippen LogP contribution in [0.25, 0.3) is 0 Å². The molecule has 1 N–H and O–H groups in total. The number of benzene rings is 1. The molecule has 2 aromatic rings. The predicted octanol–water partition coefficient (Wildman–Crippen LogP) is 3.64. The second-order valence-corrected chi connectivity index (χ2v) is 6.41. The Kier molecular flexibility index (Phi) is 4.17. The zero-order chi connectivity index (χ0) is 14.9. The molecule has 0 bridgehead atoms. The van der Waals surface area contributed by atoms with Crippen LogP contribution in [0.2, 0.25) is 10.2 Å². The van der Waals surface area contributed by atoms with Crippen LogP contribution in [0.5, 0.6) is 0 Å². The van der Waals surface area contributed by atoms with E-state index in [1.54, 1.807) is 6.92 Å². The number of hydrogen-bond donors (Lipinski definition) is 1. The van der Waals surface area contributed by atoms with Crippen molar-refractivity contribution in [2.24, 2.45) is 0 Å². The highest BCUT2D eigenvalue weighted by Gasteiger charge is 2.21. The van der Waals surface area contributed by atoms with Crippen LogP contribution in [0.4, 0.5) is 10.1 Å². The Hall–Kier alpha value is -1.37. The molecule has 0 aliphatic carbocycles. The summed E-state index contributed by atoms with van der Waals surface area (Å²) in [5, 5.41) is 0.000158. The molecule has 106 valence electrons. The van der Waals surface area contributed by atoms with Gasteiger partial charge in [-0.2, -0.15) is 0 Å². The fourth-order valence-electron chi connectivity index (χ4n) is 1.52. The van der Waals surface area contributed by atoms with Crippen molar-refractivity contribution in [2.45, 2.75) is 11.8 Å². The molecule has 8 heteroatoms. The summed E-state index contributed by atoms with van der Waals surface area (Å²) in [4.78, 5) is 3.29. The number of hydrogen-bond acceptors (Lipinski definition) is 3. The van der Waals surface area contributed by atoms with Crippen molar-refractivity contribution in [3.05, 3.63) is 52.0 Å². The van der Waals surface area contributed by atoms with E-state index in [-0.39, 0.29) is 15.9 Å². The summed E-state index contributed by atoms with van der Waals surface area (Å²) in [6.07, 6.45) is 1.25. The van der Waals surface area contributed by atoms with Crippen LogP contribution in [0.3, 0.4) is 0 Å². The average molecular weight is 335 g/mol. The summed E-state index contributed by atoms with van der Waals surface area (Å²) < 4.78 is 40.2. The van der Waals surface area contributed by atoms with Crippen molar-refractivity contribution in [2.75, 3.05) is 4.72 Å². The molecule has 20 heavy (non-hydrogen) atoms. The molecule has 0 saturated carbocycles. The van der Waals surface area contributed by atoms with Gasteiger partial charge in [0.1, 0.15) is 10.0 Å². The molecule has 1 heterocycles. The third kappa shape index (κ3) is 3.03. The van der Waals surface area contributed by atoms with Gasteiger partial charge < -0.3 is 0 Å². The molecule has 0 atom stereocenters. The van der Waals surface area contributed by atoms with E-state index in [0.29, 0.717) is 5.56 Å².